The highest BCUT2D eigenvalue weighted by Crippen LogP contribution is 2.18. The van der Waals surface area contributed by atoms with Crippen LogP contribution in [-0.4, -0.2) is 8.42 Å². The highest BCUT2D eigenvalue weighted by atomic mass is 32.2. The van der Waals surface area contributed by atoms with E-state index >= 15 is 0 Å². The van der Waals surface area contributed by atoms with Crippen LogP contribution < -0.4 is 4.72 Å². The molecule has 2 rings (SSSR count). The molecular weight excluding hydrogens is 290 g/mol. The smallest absolute Gasteiger partial charge is 0.207 e. The van der Waals surface area contributed by atoms with Crippen molar-refractivity contribution in [3.63, 3.8) is 0 Å². The zero-order valence-electron chi connectivity index (χ0n) is 11.9. The number of thiophene rings is 1. The van der Waals surface area contributed by atoms with Crippen LogP contribution in [0.25, 0.3) is 0 Å². The molecule has 0 radical (unpaired) electrons. The number of aryl methyl sites for hydroxylation is 1. The first-order chi connectivity index (χ1) is 9.38. The second-order valence-corrected chi connectivity index (χ2v) is 8.20. The minimum absolute atomic E-state index is 0.315. The molecule has 2 aromatic rings. The molecule has 0 aliphatic heterocycles. The zero-order valence-corrected chi connectivity index (χ0v) is 13.5. The highest BCUT2D eigenvalue weighted by Gasteiger charge is 2.14. The summed E-state index contributed by atoms with van der Waals surface area (Å²) in [5.74, 6) is 0.397. The number of hydrogen-bond acceptors (Lipinski definition) is 3. The summed E-state index contributed by atoms with van der Waals surface area (Å²) in [5, 5.41) is 0. The molecule has 0 bridgehead atoms. The van der Waals surface area contributed by atoms with Gasteiger partial charge >= 0.3 is 0 Å². The van der Waals surface area contributed by atoms with Gasteiger partial charge in [0, 0.05) is 16.3 Å². The Bertz CT molecular complexity index is 670. The zero-order chi connectivity index (χ0) is 14.8. The van der Waals surface area contributed by atoms with Crippen molar-refractivity contribution >= 4 is 21.4 Å². The molecule has 0 fully saturated rings. The maximum atomic E-state index is 12.2. The van der Waals surface area contributed by atoms with E-state index in [1.165, 1.54) is 4.88 Å². The van der Waals surface area contributed by atoms with Crippen LogP contribution in [-0.2, 0) is 16.6 Å². The number of hydrogen-bond donors (Lipinski definition) is 1. The van der Waals surface area contributed by atoms with Gasteiger partial charge < -0.3 is 0 Å². The minimum Gasteiger partial charge on any atom is -0.207 e. The SMILES string of the molecule is Cc1ccc(CNS(=O)(=O)c2ccc(C(C)C)cc2)s1. The van der Waals surface area contributed by atoms with E-state index < -0.39 is 10.0 Å². The van der Waals surface area contributed by atoms with Gasteiger partial charge in [0.2, 0.25) is 10.0 Å². The Morgan fingerprint density at radius 2 is 1.75 bits per heavy atom. The third-order valence-electron chi connectivity index (χ3n) is 3.09. The Balaban J connectivity index is 2.09. The highest BCUT2D eigenvalue weighted by molar-refractivity contribution is 7.89. The predicted octanol–water partition coefficient (Wildman–Crippen LogP) is 3.66. The lowest BCUT2D eigenvalue weighted by Crippen LogP contribution is -2.22. The Kier molecular flexibility index (Phi) is 4.62. The third-order valence-corrected chi connectivity index (χ3v) is 5.51. The standard InChI is InChI=1S/C15H19NO2S2/c1-11(2)13-5-8-15(9-6-13)20(17,18)16-10-14-7-4-12(3)19-14/h4-9,11,16H,10H2,1-3H3. The average molecular weight is 309 g/mol. The molecule has 1 heterocycles. The fourth-order valence-corrected chi connectivity index (χ4v) is 3.79. The first-order valence-electron chi connectivity index (χ1n) is 6.53. The van der Waals surface area contributed by atoms with E-state index in [2.05, 4.69) is 18.6 Å². The summed E-state index contributed by atoms with van der Waals surface area (Å²) >= 11 is 1.60. The quantitative estimate of drug-likeness (QED) is 0.916. The summed E-state index contributed by atoms with van der Waals surface area (Å²) in [7, 11) is -3.44. The van der Waals surface area contributed by atoms with E-state index in [0.717, 1.165) is 10.4 Å². The second kappa shape index (κ2) is 6.08. The molecule has 1 aromatic carbocycles. The van der Waals surface area contributed by atoms with Crippen LogP contribution in [0.3, 0.4) is 0 Å². The topological polar surface area (TPSA) is 46.2 Å². The van der Waals surface area contributed by atoms with Crippen molar-refractivity contribution in [1.29, 1.82) is 0 Å². The molecular formula is C15H19NO2S2. The van der Waals surface area contributed by atoms with E-state index in [-0.39, 0.29) is 0 Å². The Labute approximate surface area is 124 Å². The number of benzene rings is 1. The predicted molar refractivity (Wildman–Crippen MR) is 83.6 cm³/mol. The van der Waals surface area contributed by atoms with Crippen LogP contribution in [0.5, 0.6) is 0 Å². The molecule has 0 aliphatic carbocycles. The van der Waals surface area contributed by atoms with Gasteiger partial charge in [-0.2, -0.15) is 0 Å². The molecule has 0 saturated heterocycles. The fourth-order valence-electron chi connectivity index (χ4n) is 1.86. The first kappa shape index (κ1) is 15.2. The van der Waals surface area contributed by atoms with Crippen molar-refractivity contribution in [2.24, 2.45) is 0 Å². The van der Waals surface area contributed by atoms with Gasteiger partial charge in [0.1, 0.15) is 0 Å². The molecule has 0 amide bonds. The fraction of sp³-hybridized carbons (Fsp3) is 0.333. The molecule has 0 spiro atoms. The van der Waals surface area contributed by atoms with Crippen molar-refractivity contribution in [1.82, 2.24) is 4.72 Å². The Morgan fingerprint density at radius 3 is 2.25 bits per heavy atom. The van der Waals surface area contributed by atoms with Gasteiger partial charge in [0.05, 0.1) is 4.90 Å². The third kappa shape index (κ3) is 3.69. The van der Waals surface area contributed by atoms with E-state index in [9.17, 15) is 8.42 Å². The molecule has 0 aliphatic rings. The molecule has 1 N–H and O–H groups in total. The van der Waals surface area contributed by atoms with E-state index in [0.29, 0.717) is 17.4 Å². The normalized spacial score (nSPS) is 12.0. The monoisotopic (exact) mass is 309 g/mol. The maximum absolute atomic E-state index is 12.2. The lowest BCUT2D eigenvalue weighted by atomic mass is 10.0. The lowest BCUT2D eigenvalue weighted by molar-refractivity contribution is 0.581. The van der Waals surface area contributed by atoms with Crippen molar-refractivity contribution in [3.8, 4) is 0 Å². The van der Waals surface area contributed by atoms with Crippen LogP contribution in [0.2, 0.25) is 0 Å². The van der Waals surface area contributed by atoms with Crippen LogP contribution in [0.1, 0.15) is 35.1 Å². The molecule has 108 valence electrons. The molecule has 20 heavy (non-hydrogen) atoms. The van der Waals surface area contributed by atoms with Crippen LogP contribution >= 0.6 is 11.3 Å². The van der Waals surface area contributed by atoms with Gasteiger partial charge in [-0.05, 0) is 42.7 Å². The number of rotatable bonds is 5. The van der Waals surface area contributed by atoms with Gasteiger partial charge in [0.25, 0.3) is 0 Å². The Hall–Kier alpha value is -1.17. The summed E-state index contributed by atoms with van der Waals surface area (Å²) in [4.78, 5) is 2.51. The molecule has 0 saturated carbocycles. The van der Waals surface area contributed by atoms with Gasteiger partial charge in [0.15, 0.2) is 0 Å². The number of sulfonamides is 1. The first-order valence-corrected chi connectivity index (χ1v) is 8.83. The summed E-state index contributed by atoms with van der Waals surface area (Å²) < 4.78 is 27.0. The largest absolute Gasteiger partial charge is 0.240 e. The van der Waals surface area contributed by atoms with Crippen molar-refractivity contribution in [3.05, 3.63) is 51.7 Å². The summed E-state index contributed by atoms with van der Waals surface area (Å²) in [6.07, 6.45) is 0. The molecule has 0 atom stereocenters. The Morgan fingerprint density at radius 1 is 1.10 bits per heavy atom. The maximum Gasteiger partial charge on any atom is 0.240 e. The van der Waals surface area contributed by atoms with Crippen molar-refractivity contribution < 1.29 is 8.42 Å². The van der Waals surface area contributed by atoms with E-state index in [1.54, 1.807) is 23.5 Å². The van der Waals surface area contributed by atoms with Gasteiger partial charge in [-0.3, -0.25) is 0 Å². The lowest BCUT2D eigenvalue weighted by Gasteiger charge is -2.08. The van der Waals surface area contributed by atoms with Crippen LogP contribution in [0, 0.1) is 6.92 Å². The summed E-state index contributed by atoms with van der Waals surface area (Å²) in [6.45, 7) is 6.52. The van der Waals surface area contributed by atoms with Crippen LogP contribution in [0.4, 0.5) is 0 Å². The summed E-state index contributed by atoms with van der Waals surface area (Å²) in [6, 6.07) is 11.0. The van der Waals surface area contributed by atoms with Gasteiger partial charge in [-0.15, -0.1) is 11.3 Å². The molecule has 3 nitrogen and oxygen atoms in total. The summed E-state index contributed by atoms with van der Waals surface area (Å²) in [5.41, 5.74) is 1.14. The molecule has 0 unspecified atom stereocenters. The second-order valence-electron chi connectivity index (χ2n) is 5.06. The minimum atomic E-state index is -3.44. The van der Waals surface area contributed by atoms with Gasteiger partial charge in [-0.1, -0.05) is 26.0 Å². The van der Waals surface area contributed by atoms with E-state index in [4.69, 9.17) is 0 Å². The van der Waals surface area contributed by atoms with E-state index in [1.807, 2.05) is 31.2 Å². The van der Waals surface area contributed by atoms with Crippen molar-refractivity contribution in [2.45, 2.75) is 38.1 Å². The molecule has 1 aromatic heterocycles. The van der Waals surface area contributed by atoms with Crippen molar-refractivity contribution in [2.75, 3.05) is 0 Å². The average Bonchev–Trinajstić information content (AvgIpc) is 2.82. The number of nitrogens with one attached hydrogen (secondary N) is 1. The molecule has 5 heteroatoms. The van der Waals surface area contributed by atoms with Crippen LogP contribution in [0.15, 0.2) is 41.3 Å². The van der Waals surface area contributed by atoms with Gasteiger partial charge in [-0.25, -0.2) is 13.1 Å².